The fourth-order valence-corrected chi connectivity index (χ4v) is 1.55. The van der Waals surface area contributed by atoms with E-state index in [1.807, 2.05) is 7.05 Å². The van der Waals surface area contributed by atoms with E-state index in [4.69, 9.17) is 11.6 Å². The SMILES string of the molecule is CC(O)CCN(C)c1nc(Cl)nc(-n2cncn2)n1. The fraction of sp³-hybridized carbons (Fsp3) is 0.500. The minimum atomic E-state index is -0.380. The van der Waals surface area contributed by atoms with E-state index in [1.165, 1.54) is 17.3 Å². The van der Waals surface area contributed by atoms with E-state index in [-0.39, 0.29) is 11.4 Å². The van der Waals surface area contributed by atoms with Crippen LogP contribution in [-0.2, 0) is 0 Å². The average molecular weight is 284 g/mol. The molecule has 0 aromatic carbocycles. The Morgan fingerprint density at radius 2 is 2.21 bits per heavy atom. The van der Waals surface area contributed by atoms with E-state index < -0.39 is 0 Å². The molecule has 0 spiro atoms. The van der Waals surface area contributed by atoms with Gasteiger partial charge in [0.2, 0.25) is 11.2 Å². The van der Waals surface area contributed by atoms with Gasteiger partial charge in [-0.15, -0.1) is 0 Å². The fourth-order valence-electron chi connectivity index (χ4n) is 1.39. The quantitative estimate of drug-likeness (QED) is 0.844. The number of aliphatic hydroxyl groups is 1. The molecule has 2 heterocycles. The lowest BCUT2D eigenvalue weighted by molar-refractivity contribution is 0.186. The molecule has 102 valence electrons. The summed E-state index contributed by atoms with van der Waals surface area (Å²) in [6.45, 7) is 2.34. The monoisotopic (exact) mass is 283 g/mol. The first kappa shape index (κ1) is 13.6. The molecule has 0 aliphatic rings. The molecule has 0 saturated carbocycles. The Morgan fingerprint density at radius 3 is 2.84 bits per heavy atom. The summed E-state index contributed by atoms with van der Waals surface area (Å²) >= 11 is 5.87. The van der Waals surface area contributed by atoms with Crippen molar-refractivity contribution in [3.8, 4) is 5.95 Å². The molecule has 0 radical (unpaired) electrons. The molecule has 8 nitrogen and oxygen atoms in total. The molecule has 9 heteroatoms. The average Bonchev–Trinajstić information content (AvgIpc) is 2.89. The van der Waals surface area contributed by atoms with Crippen molar-refractivity contribution in [1.29, 1.82) is 0 Å². The minimum absolute atomic E-state index is 0.0828. The summed E-state index contributed by atoms with van der Waals surface area (Å²) in [5.74, 6) is 0.725. The maximum Gasteiger partial charge on any atom is 0.258 e. The summed E-state index contributed by atoms with van der Waals surface area (Å²) in [4.78, 5) is 17.9. The van der Waals surface area contributed by atoms with Gasteiger partial charge in [-0.3, -0.25) is 0 Å². The highest BCUT2D eigenvalue weighted by Gasteiger charge is 2.11. The van der Waals surface area contributed by atoms with E-state index in [0.29, 0.717) is 24.9 Å². The topological polar surface area (TPSA) is 92.8 Å². The van der Waals surface area contributed by atoms with Crippen molar-refractivity contribution in [1.82, 2.24) is 29.7 Å². The van der Waals surface area contributed by atoms with Gasteiger partial charge in [0.1, 0.15) is 12.7 Å². The molecule has 2 aromatic heterocycles. The summed E-state index contributed by atoms with van der Waals surface area (Å²) < 4.78 is 1.40. The lowest BCUT2D eigenvalue weighted by Crippen LogP contribution is -2.24. The molecule has 0 saturated heterocycles. The van der Waals surface area contributed by atoms with Gasteiger partial charge in [0.05, 0.1) is 6.10 Å². The number of halogens is 1. The van der Waals surface area contributed by atoms with Gasteiger partial charge < -0.3 is 10.0 Å². The standard InChI is InChI=1S/C10H14ClN7O/c1-7(19)3-4-17(2)9-14-8(11)15-10(16-9)18-6-12-5-13-18/h5-7,19H,3-4H2,1-2H3. The number of aliphatic hydroxyl groups excluding tert-OH is 1. The largest absolute Gasteiger partial charge is 0.393 e. The second-order valence-electron chi connectivity index (χ2n) is 4.10. The Balaban J connectivity index is 2.21. The zero-order valence-electron chi connectivity index (χ0n) is 10.6. The molecule has 0 aliphatic heterocycles. The Labute approximate surface area is 115 Å². The zero-order chi connectivity index (χ0) is 13.8. The van der Waals surface area contributed by atoms with Crippen molar-refractivity contribution < 1.29 is 5.11 Å². The van der Waals surface area contributed by atoms with Gasteiger partial charge in [-0.1, -0.05) is 0 Å². The van der Waals surface area contributed by atoms with Crippen LogP contribution in [0.4, 0.5) is 5.95 Å². The summed E-state index contributed by atoms with van der Waals surface area (Å²) in [5, 5.41) is 13.3. The number of anilines is 1. The van der Waals surface area contributed by atoms with Crippen LogP contribution in [0.2, 0.25) is 5.28 Å². The van der Waals surface area contributed by atoms with Gasteiger partial charge in [-0.05, 0) is 24.9 Å². The van der Waals surface area contributed by atoms with E-state index >= 15 is 0 Å². The molecular formula is C10H14ClN7O. The predicted octanol–water partition coefficient (Wildman–Crippen LogP) is 0.313. The molecule has 0 fully saturated rings. The predicted molar refractivity (Wildman–Crippen MR) is 69.3 cm³/mol. The molecular weight excluding hydrogens is 270 g/mol. The van der Waals surface area contributed by atoms with E-state index in [1.54, 1.807) is 11.8 Å². The van der Waals surface area contributed by atoms with Crippen LogP contribution in [0, 0.1) is 0 Å². The van der Waals surface area contributed by atoms with Crippen molar-refractivity contribution in [3.05, 3.63) is 17.9 Å². The van der Waals surface area contributed by atoms with E-state index in [2.05, 4.69) is 25.0 Å². The summed E-state index contributed by atoms with van der Waals surface area (Å²) in [6, 6.07) is 0. The molecule has 1 N–H and O–H groups in total. The van der Waals surface area contributed by atoms with Crippen LogP contribution in [0.1, 0.15) is 13.3 Å². The Bertz CT molecular complexity index is 531. The first-order chi connectivity index (χ1) is 9.06. The summed E-state index contributed by atoms with van der Waals surface area (Å²) in [5.41, 5.74) is 0. The van der Waals surface area contributed by atoms with Crippen LogP contribution in [-0.4, -0.2) is 54.5 Å². The van der Waals surface area contributed by atoms with Gasteiger partial charge >= 0.3 is 0 Å². The molecule has 0 aliphatic carbocycles. The van der Waals surface area contributed by atoms with Gasteiger partial charge in [0, 0.05) is 13.6 Å². The molecule has 1 unspecified atom stereocenters. The summed E-state index contributed by atoms with van der Waals surface area (Å²) in [7, 11) is 1.82. The maximum atomic E-state index is 9.28. The van der Waals surface area contributed by atoms with Gasteiger partial charge in [-0.2, -0.15) is 24.7 Å². The minimum Gasteiger partial charge on any atom is -0.393 e. The molecule has 2 rings (SSSR count). The smallest absolute Gasteiger partial charge is 0.258 e. The highest BCUT2D eigenvalue weighted by molar-refractivity contribution is 6.28. The van der Waals surface area contributed by atoms with Crippen molar-refractivity contribution >= 4 is 17.5 Å². The number of nitrogens with zero attached hydrogens (tertiary/aromatic N) is 7. The van der Waals surface area contributed by atoms with Crippen LogP contribution >= 0.6 is 11.6 Å². The molecule has 0 amide bonds. The normalized spacial score (nSPS) is 12.4. The second-order valence-corrected chi connectivity index (χ2v) is 4.44. The van der Waals surface area contributed by atoms with Gasteiger partial charge in [0.15, 0.2) is 0 Å². The highest BCUT2D eigenvalue weighted by atomic mass is 35.5. The molecule has 19 heavy (non-hydrogen) atoms. The summed E-state index contributed by atoms with van der Waals surface area (Å²) in [6.07, 6.45) is 3.09. The van der Waals surface area contributed by atoms with Crippen molar-refractivity contribution in [2.24, 2.45) is 0 Å². The molecule has 1 atom stereocenters. The highest BCUT2D eigenvalue weighted by Crippen LogP contribution is 2.12. The van der Waals surface area contributed by atoms with Gasteiger partial charge in [0.25, 0.3) is 5.95 Å². The van der Waals surface area contributed by atoms with Crippen molar-refractivity contribution in [3.63, 3.8) is 0 Å². The first-order valence-electron chi connectivity index (χ1n) is 5.72. The third kappa shape index (κ3) is 3.58. The van der Waals surface area contributed by atoms with Crippen molar-refractivity contribution in [2.75, 3.05) is 18.5 Å². The van der Waals surface area contributed by atoms with Crippen LogP contribution in [0.25, 0.3) is 5.95 Å². The van der Waals surface area contributed by atoms with Crippen LogP contribution in [0.5, 0.6) is 0 Å². The zero-order valence-corrected chi connectivity index (χ0v) is 11.4. The number of rotatable bonds is 5. The van der Waals surface area contributed by atoms with Crippen LogP contribution in [0.3, 0.4) is 0 Å². The lowest BCUT2D eigenvalue weighted by Gasteiger charge is -2.18. The van der Waals surface area contributed by atoms with Crippen molar-refractivity contribution in [2.45, 2.75) is 19.4 Å². The van der Waals surface area contributed by atoms with Crippen LogP contribution in [0.15, 0.2) is 12.7 Å². The van der Waals surface area contributed by atoms with E-state index in [9.17, 15) is 5.11 Å². The molecule has 0 bridgehead atoms. The van der Waals surface area contributed by atoms with E-state index in [0.717, 1.165) is 0 Å². The number of aromatic nitrogens is 6. The Kier molecular flexibility index (Phi) is 4.23. The van der Waals surface area contributed by atoms with Gasteiger partial charge in [-0.25, -0.2) is 4.98 Å². The maximum absolute atomic E-state index is 9.28. The van der Waals surface area contributed by atoms with Crippen LogP contribution < -0.4 is 4.90 Å². The Morgan fingerprint density at radius 1 is 1.42 bits per heavy atom. The number of hydrogen-bond acceptors (Lipinski definition) is 7. The molecule has 2 aromatic rings. The first-order valence-corrected chi connectivity index (χ1v) is 6.10. The second kappa shape index (κ2) is 5.89. The Hall–Kier alpha value is -1.80. The third-order valence-electron chi connectivity index (χ3n) is 2.43. The third-order valence-corrected chi connectivity index (χ3v) is 2.60. The lowest BCUT2D eigenvalue weighted by atomic mass is 10.3. The number of hydrogen-bond donors (Lipinski definition) is 1.